The Morgan fingerprint density at radius 2 is 1.83 bits per heavy atom. The zero-order valence-electron chi connectivity index (χ0n) is 13.5. The summed E-state index contributed by atoms with van der Waals surface area (Å²) in [4.78, 5) is 24.9. The predicted molar refractivity (Wildman–Crippen MR) is 81.5 cm³/mol. The van der Waals surface area contributed by atoms with Gasteiger partial charge in [0.2, 0.25) is 0 Å². The molecular weight excluding hydrogens is 323 g/mol. The highest BCUT2D eigenvalue weighted by Crippen LogP contribution is 2.36. The van der Waals surface area contributed by atoms with Crippen molar-refractivity contribution in [3.8, 4) is 5.75 Å². The maximum atomic E-state index is 12.9. The normalized spacial score (nSPS) is 24.5. The van der Waals surface area contributed by atoms with Gasteiger partial charge in [-0.25, -0.2) is 0 Å². The minimum atomic E-state index is -4.54. The molecule has 4 nitrogen and oxygen atoms in total. The second kappa shape index (κ2) is 7.23. The van der Waals surface area contributed by atoms with Gasteiger partial charge in [-0.1, -0.05) is 12.1 Å². The minimum absolute atomic E-state index is 0.0917. The number of amides is 1. The molecular formula is C17H20F3NO3. The molecule has 1 saturated heterocycles. The van der Waals surface area contributed by atoms with Crippen molar-refractivity contribution in [2.45, 2.75) is 44.9 Å². The van der Waals surface area contributed by atoms with E-state index in [1.807, 2.05) is 13.8 Å². The summed E-state index contributed by atoms with van der Waals surface area (Å²) in [6.07, 6.45) is -2.54. The molecule has 1 heterocycles. The van der Waals surface area contributed by atoms with Gasteiger partial charge in [-0.05, 0) is 38.8 Å². The molecule has 132 valence electrons. The lowest BCUT2D eigenvalue weighted by atomic mass is 9.88. The molecule has 2 atom stereocenters. The van der Waals surface area contributed by atoms with Crippen LogP contribution < -0.4 is 4.74 Å². The number of nitrogens with zero attached hydrogens (tertiary/aromatic N) is 1. The van der Waals surface area contributed by atoms with Crippen molar-refractivity contribution >= 4 is 12.2 Å². The fraction of sp³-hybridized carbons (Fsp3) is 0.529. The molecule has 7 heteroatoms. The first kappa shape index (κ1) is 18.3. The van der Waals surface area contributed by atoms with E-state index in [0.29, 0.717) is 12.8 Å². The number of alkyl halides is 3. The van der Waals surface area contributed by atoms with Gasteiger partial charge in [-0.3, -0.25) is 4.79 Å². The van der Waals surface area contributed by atoms with E-state index in [4.69, 9.17) is 4.74 Å². The molecule has 24 heavy (non-hydrogen) atoms. The first-order valence-corrected chi connectivity index (χ1v) is 7.79. The molecule has 0 bridgehead atoms. The summed E-state index contributed by atoms with van der Waals surface area (Å²) in [5.74, 6) is -0.830. The summed E-state index contributed by atoms with van der Waals surface area (Å²) in [5.41, 5.74) is -0.904. The fourth-order valence-electron chi connectivity index (χ4n) is 3.28. The summed E-state index contributed by atoms with van der Waals surface area (Å²) in [7, 11) is 0. The number of rotatable bonds is 4. The van der Waals surface area contributed by atoms with E-state index in [1.54, 1.807) is 4.90 Å². The van der Waals surface area contributed by atoms with Crippen molar-refractivity contribution in [3.05, 3.63) is 29.8 Å². The number of hydrogen-bond donors (Lipinski definition) is 0. The Bertz CT molecular complexity index is 591. The SMILES string of the molecule is C[C@@H]1CC(C=O)C[C@@H](C)N1C(=O)COc1ccccc1C(F)(F)F. The lowest BCUT2D eigenvalue weighted by Gasteiger charge is -2.41. The third-order valence-corrected chi connectivity index (χ3v) is 4.26. The van der Waals surface area contributed by atoms with E-state index in [9.17, 15) is 22.8 Å². The minimum Gasteiger partial charge on any atom is -0.483 e. The summed E-state index contributed by atoms with van der Waals surface area (Å²) in [6, 6.07) is 4.50. The first-order chi connectivity index (χ1) is 11.2. The van der Waals surface area contributed by atoms with Crippen molar-refractivity contribution in [2.24, 2.45) is 5.92 Å². The molecule has 1 aliphatic rings. The molecule has 0 saturated carbocycles. The van der Waals surface area contributed by atoms with Crippen molar-refractivity contribution < 1.29 is 27.5 Å². The number of carbonyl (C=O) groups excluding carboxylic acids is 2. The second-order valence-electron chi connectivity index (χ2n) is 6.15. The number of halogens is 3. The molecule has 0 aromatic heterocycles. The third-order valence-electron chi connectivity index (χ3n) is 4.26. The second-order valence-corrected chi connectivity index (χ2v) is 6.15. The van der Waals surface area contributed by atoms with E-state index in [1.165, 1.54) is 18.2 Å². The fourth-order valence-corrected chi connectivity index (χ4v) is 3.28. The Morgan fingerprint density at radius 1 is 1.25 bits per heavy atom. The zero-order chi connectivity index (χ0) is 17.9. The van der Waals surface area contributed by atoms with Crippen LogP contribution in [0.4, 0.5) is 13.2 Å². The molecule has 0 N–H and O–H groups in total. The van der Waals surface area contributed by atoms with Crippen LogP contribution in [0.25, 0.3) is 0 Å². The van der Waals surface area contributed by atoms with Crippen molar-refractivity contribution in [1.29, 1.82) is 0 Å². The lowest BCUT2D eigenvalue weighted by molar-refractivity contribution is -0.144. The van der Waals surface area contributed by atoms with E-state index < -0.39 is 18.3 Å². The maximum Gasteiger partial charge on any atom is 0.419 e. The number of ether oxygens (including phenoxy) is 1. The van der Waals surface area contributed by atoms with Crippen LogP contribution in [0.5, 0.6) is 5.75 Å². The van der Waals surface area contributed by atoms with E-state index in [-0.39, 0.29) is 29.7 Å². The zero-order valence-corrected chi connectivity index (χ0v) is 13.5. The molecule has 0 radical (unpaired) electrons. The van der Waals surface area contributed by atoms with Crippen LogP contribution in [-0.2, 0) is 15.8 Å². The van der Waals surface area contributed by atoms with E-state index >= 15 is 0 Å². The summed E-state index contributed by atoms with van der Waals surface area (Å²) in [5, 5.41) is 0. The molecule has 1 fully saturated rings. The number of hydrogen-bond acceptors (Lipinski definition) is 3. The van der Waals surface area contributed by atoms with Crippen LogP contribution in [-0.4, -0.2) is 35.8 Å². The van der Waals surface area contributed by atoms with Gasteiger partial charge in [0.05, 0.1) is 5.56 Å². The van der Waals surface area contributed by atoms with E-state index in [2.05, 4.69) is 0 Å². The summed E-state index contributed by atoms with van der Waals surface area (Å²) in [6.45, 7) is 3.19. The standard InChI is InChI=1S/C17H20F3NO3/c1-11-7-13(9-22)8-12(2)21(11)16(23)10-24-15-6-4-3-5-14(15)17(18,19)20/h3-6,9,11-13H,7-8,10H2,1-2H3/t11-,12-/m1/s1. The van der Waals surface area contributed by atoms with Crippen LogP contribution in [0.15, 0.2) is 24.3 Å². The van der Waals surface area contributed by atoms with Gasteiger partial charge in [0.25, 0.3) is 5.91 Å². The van der Waals surface area contributed by atoms with Gasteiger partial charge in [-0.2, -0.15) is 13.2 Å². The van der Waals surface area contributed by atoms with Crippen LogP contribution in [0.1, 0.15) is 32.3 Å². The lowest BCUT2D eigenvalue weighted by Crippen LogP contribution is -2.51. The molecule has 0 unspecified atom stereocenters. The van der Waals surface area contributed by atoms with Crippen LogP contribution in [0.3, 0.4) is 0 Å². The van der Waals surface area contributed by atoms with Gasteiger partial charge >= 0.3 is 6.18 Å². The third kappa shape index (κ3) is 4.07. The monoisotopic (exact) mass is 343 g/mol. The molecule has 1 amide bonds. The van der Waals surface area contributed by atoms with Gasteiger partial charge in [-0.15, -0.1) is 0 Å². The van der Waals surface area contributed by atoms with Crippen molar-refractivity contribution in [3.63, 3.8) is 0 Å². The number of carbonyl (C=O) groups is 2. The van der Waals surface area contributed by atoms with Crippen molar-refractivity contribution in [2.75, 3.05) is 6.61 Å². The highest BCUT2D eigenvalue weighted by atomic mass is 19.4. The number of likely N-dealkylation sites (tertiary alicyclic amines) is 1. The largest absolute Gasteiger partial charge is 0.483 e. The molecule has 1 aromatic carbocycles. The first-order valence-electron chi connectivity index (χ1n) is 7.79. The number of para-hydroxylation sites is 1. The van der Waals surface area contributed by atoms with Gasteiger partial charge in [0.15, 0.2) is 6.61 Å². The summed E-state index contributed by atoms with van der Waals surface area (Å²) < 4.78 is 43.9. The Labute approximate surface area is 138 Å². The van der Waals surface area contributed by atoms with Gasteiger partial charge in [0, 0.05) is 18.0 Å². The van der Waals surface area contributed by atoms with Crippen LogP contribution in [0, 0.1) is 5.92 Å². The van der Waals surface area contributed by atoms with Crippen molar-refractivity contribution in [1.82, 2.24) is 4.90 Å². The van der Waals surface area contributed by atoms with Gasteiger partial charge in [0.1, 0.15) is 12.0 Å². The molecule has 1 aromatic rings. The molecule has 1 aliphatic heterocycles. The summed E-state index contributed by atoms with van der Waals surface area (Å²) >= 11 is 0. The number of piperidine rings is 1. The van der Waals surface area contributed by atoms with E-state index in [0.717, 1.165) is 12.4 Å². The van der Waals surface area contributed by atoms with Gasteiger partial charge < -0.3 is 14.4 Å². The predicted octanol–water partition coefficient (Wildman–Crippen LogP) is 3.30. The van der Waals surface area contributed by atoms with Crippen LogP contribution in [0.2, 0.25) is 0 Å². The quantitative estimate of drug-likeness (QED) is 0.788. The average Bonchev–Trinajstić information content (AvgIpc) is 2.51. The van der Waals surface area contributed by atoms with Crippen LogP contribution >= 0.6 is 0 Å². The Balaban J connectivity index is 2.05. The Morgan fingerprint density at radius 3 is 2.38 bits per heavy atom. The molecule has 2 rings (SSSR count). The molecule has 0 spiro atoms. The average molecular weight is 343 g/mol. The maximum absolute atomic E-state index is 12.9. The number of aldehydes is 1. The number of benzene rings is 1. The Kier molecular flexibility index (Phi) is 5.51. The highest BCUT2D eigenvalue weighted by Gasteiger charge is 2.36. The molecule has 0 aliphatic carbocycles. The highest BCUT2D eigenvalue weighted by molar-refractivity contribution is 5.78. The Hall–Kier alpha value is -2.05. The smallest absolute Gasteiger partial charge is 0.419 e. The topological polar surface area (TPSA) is 46.6 Å².